The molecule has 0 unspecified atom stereocenters. The summed E-state index contributed by atoms with van der Waals surface area (Å²) in [5.74, 6) is -0.399. The van der Waals surface area contributed by atoms with Gasteiger partial charge in [-0.1, -0.05) is 141 Å². The van der Waals surface area contributed by atoms with E-state index in [-0.39, 0.29) is 25.2 Å². The summed E-state index contributed by atoms with van der Waals surface area (Å²) in [6.07, 6.45) is 41.9. The molecule has 0 radical (unpaired) electrons. The largest absolute Gasteiger partial charge is 0.463 e. The molecule has 0 fully saturated rings. The van der Waals surface area contributed by atoms with Crippen molar-refractivity contribution in [3.05, 3.63) is 24.3 Å². The number of carbonyl (C=O) groups is 2. The molecule has 0 aliphatic heterocycles. The van der Waals surface area contributed by atoms with Crippen molar-refractivity contribution in [2.75, 3.05) is 20.3 Å². The van der Waals surface area contributed by atoms with Gasteiger partial charge in [-0.15, -0.1) is 0 Å². The number of carbonyl (C=O) groups excluding carboxylic acids is 2. The highest BCUT2D eigenvalue weighted by molar-refractivity contribution is 5.69. The van der Waals surface area contributed by atoms with Crippen molar-refractivity contribution in [1.82, 2.24) is 0 Å². The van der Waals surface area contributed by atoms with Gasteiger partial charge in [0.1, 0.15) is 19.3 Å². The van der Waals surface area contributed by atoms with Crippen LogP contribution in [-0.2, 0) is 23.8 Å². The molecule has 0 heterocycles. The standard InChI is InChI=1S/C40H74O5/c1-4-6-8-10-12-14-16-18-20-22-24-26-28-30-32-34-39(41)44-36-38(43-3)37-45-40(42)35-33-31-29-27-25-23-21-19-17-15-13-11-9-7-5-2/h18-21,38H,4-17,22-37H2,1-3H3/b20-18-,21-19-. The number of allylic oxidation sites excluding steroid dienone is 4. The molecule has 0 aliphatic rings. The predicted octanol–water partition coefficient (Wildman–Crippen LogP) is 12.2. The molecular formula is C40H74O5. The lowest BCUT2D eigenvalue weighted by Gasteiger charge is -2.15. The van der Waals surface area contributed by atoms with Crippen LogP contribution in [0.3, 0.4) is 0 Å². The van der Waals surface area contributed by atoms with Crippen LogP contribution in [0.4, 0.5) is 0 Å². The van der Waals surface area contributed by atoms with E-state index in [2.05, 4.69) is 38.2 Å². The van der Waals surface area contributed by atoms with E-state index in [9.17, 15) is 9.59 Å². The van der Waals surface area contributed by atoms with Crippen molar-refractivity contribution >= 4 is 11.9 Å². The Kier molecular flexibility index (Phi) is 35.5. The molecular weight excluding hydrogens is 560 g/mol. The third kappa shape index (κ3) is 35.1. The molecule has 5 nitrogen and oxygen atoms in total. The third-order valence-electron chi connectivity index (χ3n) is 8.48. The zero-order valence-corrected chi connectivity index (χ0v) is 30.1. The first kappa shape index (κ1) is 43.4. The zero-order valence-electron chi connectivity index (χ0n) is 30.1. The highest BCUT2D eigenvalue weighted by atomic mass is 16.6. The monoisotopic (exact) mass is 635 g/mol. The summed E-state index contributed by atoms with van der Waals surface area (Å²) < 4.78 is 16.1. The van der Waals surface area contributed by atoms with Crippen molar-refractivity contribution in [1.29, 1.82) is 0 Å². The number of rotatable bonds is 35. The number of hydrogen-bond donors (Lipinski definition) is 0. The second kappa shape index (κ2) is 36.8. The molecule has 0 aromatic rings. The summed E-state index contributed by atoms with van der Waals surface area (Å²) in [4.78, 5) is 24.2. The van der Waals surface area contributed by atoms with Crippen LogP contribution < -0.4 is 0 Å². The quantitative estimate of drug-likeness (QED) is 0.0394. The number of esters is 2. The molecule has 0 saturated heterocycles. The van der Waals surface area contributed by atoms with Gasteiger partial charge >= 0.3 is 11.9 Å². The van der Waals surface area contributed by atoms with Gasteiger partial charge in [-0.05, 0) is 64.2 Å². The van der Waals surface area contributed by atoms with Crippen LogP contribution in [0.15, 0.2) is 24.3 Å². The number of ether oxygens (including phenoxy) is 3. The summed E-state index contributed by atoms with van der Waals surface area (Å²) in [6, 6.07) is 0. The van der Waals surface area contributed by atoms with Gasteiger partial charge in [0.15, 0.2) is 0 Å². The fraction of sp³-hybridized carbons (Fsp3) is 0.850. The fourth-order valence-corrected chi connectivity index (χ4v) is 5.38. The van der Waals surface area contributed by atoms with Crippen LogP contribution in [0.2, 0.25) is 0 Å². The summed E-state index contributed by atoms with van der Waals surface area (Å²) in [6.45, 7) is 4.78. The minimum atomic E-state index is -0.416. The maximum atomic E-state index is 12.1. The van der Waals surface area contributed by atoms with Gasteiger partial charge in [0.05, 0.1) is 0 Å². The average molecular weight is 635 g/mol. The Bertz CT molecular complexity index is 630. The lowest BCUT2D eigenvalue weighted by Crippen LogP contribution is -2.27. The Hall–Kier alpha value is -1.62. The lowest BCUT2D eigenvalue weighted by molar-refractivity contribution is -0.153. The number of hydrogen-bond acceptors (Lipinski definition) is 5. The smallest absolute Gasteiger partial charge is 0.305 e. The molecule has 0 aromatic heterocycles. The fourth-order valence-electron chi connectivity index (χ4n) is 5.38. The molecule has 0 aromatic carbocycles. The molecule has 0 amide bonds. The number of unbranched alkanes of at least 4 members (excludes halogenated alkanes) is 22. The molecule has 0 rings (SSSR count). The Balaban J connectivity index is 3.56. The van der Waals surface area contributed by atoms with E-state index in [1.54, 1.807) is 7.11 Å². The zero-order chi connectivity index (χ0) is 32.9. The van der Waals surface area contributed by atoms with E-state index in [0.717, 1.165) is 38.5 Å². The normalized spacial score (nSPS) is 11.7. The minimum Gasteiger partial charge on any atom is -0.463 e. The minimum absolute atomic E-state index is 0.126. The SMILES string of the molecule is CCCCCCCC/C=C\CCCCCCCC(=O)OCC(COC(=O)CCCCCCC/C=C\CCCCCCCC)OC. The third-order valence-corrected chi connectivity index (χ3v) is 8.48. The van der Waals surface area contributed by atoms with E-state index < -0.39 is 6.10 Å². The average Bonchev–Trinajstić information content (AvgIpc) is 3.04. The second-order valence-electron chi connectivity index (χ2n) is 12.9. The topological polar surface area (TPSA) is 61.8 Å². The van der Waals surface area contributed by atoms with Crippen molar-refractivity contribution in [2.45, 2.75) is 200 Å². The molecule has 0 bridgehead atoms. The number of methoxy groups -OCH3 is 1. The Morgan fingerprint density at radius 1 is 0.444 bits per heavy atom. The highest BCUT2D eigenvalue weighted by Crippen LogP contribution is 2.12. The highest BCUT2D eigenvalue weighted by Gasteiger charge is 2.14. The van der Waals surface area contributed by atoms with E-state index in [0.29, 0.717) is 12.8 Å². The van der Waals surface area contributed by atoms with Crippen LogP contribution in [0.5, 0.6) is 0 Å². The predicted molar refractivity (Wildman–Crippen MR) is 192 cm³/mol. The molecule has 5 heteroatoms. The van der Waals surface area contributed by atoms with Gasteiger partial charge in [0.25, 0.3) is 0 Å². The van der Waals surface area contributed by atoms with Gasteiger partial charge in [-0.25, -0.2) is 0 Å². The summed E-state index contributed by atoms with van der Waals surface area (Å²) in [5.41, 5.74) is 0. The molecule has 264 valence electrons. The van der Waals surface area contributed by atoms with Gasteiger partial charge in [-0.3, -0.25) is 9.59 Å². The molecule has 0 atom stereocenters. The molecule has 0 aliphatic carbocycles. The van der Waals surface area contributed by atoms with Crippen molar-refractivity contribution in [2.24, 2.45) is 0 Å². The summed E-state index contributed by atoms with van der Waals surface area (Å²) in [7, 11) is 1.56. The van der Waals surface area contributed by atoms with Gasteiger partial charge in [0.2, 0.25) is 0 Å². The van der Waals surface area contributed by atoms with Crippen LogP contribution in [-0.4, -0.2) is 38.4 Å². The first-order valence-corrected chi connectivity index (χ1v) is 19.3. The molecule has 0 saturated carbocycles. The first-order chi connectivity index (χ1) is 22.1. The molecule has 45 heavy (non-hydrogen) atoms. The Morgan fingerprint density at radius 2 is 0.733 bits per heavy atom. The summed E-state index contributed by atoms with van der Waals surface area (Å²) in [5, 5.41) is 0. The summed E-state index contributed by atoms with van der Waals surface area (Å²) >= 11 is 0. The maximum absolute atomic E-state index is 12.1. The first-order valence-electron chi connectivity index (χ1n) is 19.3. The van der Waals surface area contributed by atoms with E-state index in [1.165, 1.54) is 128 Å². The maximum Gasteiger partial charge on any atom is 0.305 e. The van der Waals surface area contributed by atoms with Crippen LogP contribution in [0, 0.1) is 0 Å². The van der Waals surface area contributed by atoms with Crippen LogP contribution in [0.25, 0.3) is 0 Å². The Labute approximate surface area is 279 Å². The molecule has 0 spiro atoms. The van der Waals surface area contributed by atoms with Crippen LogP contribution >= 0.6 is 0 Å². The van der Waals surface area contributed by atoms with Crippen molar-refractivity contribution < 1.29 is 23.8 Å². The molecule has 0 N–H and O–H groups in total. The van der Waals surface area contributed by atoms with Gasteiger partial charge in [-0.2, -0.15) is 0 Å². The van der Waals surface area contributed by atoms with E-state index >= 15 is 0 Å². The van der Waals surface area contributed by atoms with Gasteiger partial charge in [0, 0.05) is 20.0 Å². The van der Waals surface area contributed by atoms with Crippen molar-refractivity contribution in [3.63, 3.8) is 0 Å². The van der Waals surface area contributed by atoms with Crippen molar-refractivity contribution in [3.8, 4) is 0 Å². The Morgan fingerprint density at radius 3 is 1.04 bits per heavy atom. The van der Waals surface area contributed by atoms with E-state index in [4.69, 9.17) is 14.2 Å². The van der Waals surface area contributed by atoms with Gasteiger partial charge < -0.3 is 14.2 Å². The second-order valence-corrected chi connectivity index (χ2v) is 12.9. The lowest BCUT2D eigenvalue weighted by atomic mass is 10.1. The van der Waals surface area contributed by atoms with Crippen LogP contribution in [0.1, 0.15) is 194 Å². The van der Waals surface area contributed by atoms with E-state index in [1.807, 2.05) is 0 Å².